The molecule has 0 N–H and O–H groups in total. The minimum atomic E-state index is 0.540. The smallest absolute Gasteiger partial charge is 0.0425 e. The van der Waals surface area contributed by atoms with E-state index >= 15 is 0 Å². The van der Waals surface area contributed by atoms with Crippen molar-refractivity contribution in [2.75, 3.05) is 7.05 Å². The number of rotatable bonds is 3. The van der Waals surface area contributed by atoms with E-state index in [2.05, 4.69) is 23.7 Å². The summed E-state index contributed by atoms with van der Waals surface area (Å²) in [6.07, 6.45) is 3.81. The van der Waals surface area contributed by atoms with Crippen molar-refractivity contribution in [3.8, 4) is 0 Å². The van der Waals surface area contributed by atoms with Crippen LogP contribution < -0.4 is 0 Å². The molecule has 0 radical (unpaired) electrons. The van der Waals surface area contributed by atoms with Crippen molar-refractivity contribution in [1.29, 1.82) is 0 Å². The van der Waals surface area contributed by atoms with Crippen LogP contribution in [0, 0.1) is 0 Å². The van der Waals surface area contributed by atoms with Gasteiger partial charge in [-0.05, 0) is 27.7 Å². The van der Waals surface area contributed by atoms with Crippen molar-refractivity contribution in [2.45, 2.75) is 33.7 Å². The number of aliphatic imine (C=N–C) groups is 1. The molecule has 0 amide bonds. The van der Waals surface area contributed by atoms with E-state index in [4.69, 9.17) is 0 Å². The lowest BCUT2D eigenvalue weighted by Gasteiger charge is -2.17. The summed E-state index contributed by atoms with van der Waals surface area (Å²) < 4.78 is 0. The average Bonchev–Trinajstić information content (AvgIpc) is 1.86. The summed E-state index contributed by atoms with van der Waals surface area (Å²) >= 11 is 0. The van der Waals surface area contributed by atoms with Crippen LogP contribution in [0.1, 0.15) is 27.7 Å². The summed E-state index contributed by atoms with van der Waals surface area (Å²) in [5.74, 6) is 0. The van der Waals surface area contributed by atoms with Gasteiger partial charge in [-0.2, -0.15) is 0 Å². The van der Waals surface area contributed by atoms with Crippen molar-refractivity contribution < 1.29 is 0 Å². The standard InChI is InChI=1S/C9H18N2/c1-8(2)10-6-7-11(5)9(3)4/h6-7,9H,1-5H3/b7-6-. The molecule has 64 valence electrons. The lowest BCUT2D eigenvalue weighted by atomic mass is 10.4. The van der Waals surface area contributed by atoms with Gasteiger partial charge in [0.1, 0.15) is 0 Å². The first kappa shape index (κ1) is 10.2. The minimum Gasteiger partial charge on any atom is -0.377 e. The van der Waals surface area contributed by atoms with Crippen molar-refractivity contribution >= 4 is 5.71 Å². The maximum absolute atomic E-state index is 4.14. The van der Waals surface area contributed by atoms with Crippen LogP contribution >= 0.6 is 0 Å². The van der Waals surface area contributed by atoms with E-state index in [9.17, 15) is 0 Å². The van der Waals surface area contributed by atoms with E-state index in [1.165, 1.54) is 0 Å². The van der Waals surface area contributed by atoms with Crippen LogP contribution in [0.15, 0.2) is 17.4 Å². The number of hydrogen-bond donors (Lipinski definition) is 0. The molecule has 0 saturated carbocycles. The highest BCUT2D eigenvalue weighted by molar-refractivity contribution is 5.79. The number of nitrogens with zero attached hydrogens (tertiary/aromatic N) is 2. The summed E-state index contributed by atoms with van der Waals surface area (Å²) in [6, 6.07) is 0.540. The van der Waals surface area contributed by atoms with Crippen molar-refractivity contribution in [2.24, 2.45) is 4.99 Å². The fourth-order valence-corrected chi connectivity index (χ4v) is 0.460. The largest absolute Gasteiger partial charge is 0.377 e. The second-order valence-corrected chi connectivity index (χ2v) is 3.13. The average molecular weight is 154 g/mol. The number of hydrogen-bond acceptors (Lipinski definition) is 2. The highest BCUT2D eigenvalue weighted by Gasteiger charge is 1.93. The molecule has 0 aliphatic carbocycles. The summed E-state index contributed by atoms with van der Waals surface area (Å²) in [5, 5.41) is 0. The Morgan fingerprint density at radius 2 is 1.91 bits per heavy atom. The molecule has 0 spiro atoms. The summed E-state index contributed by atoms with van der Waals surface area (Å²) in [7, 11) is 2.04. The van der Waals surface area contributed by atoms with Crippen molar-refractivity contribution in [3.05, 3.63) is 12.4 Å². The van der Waals surface area contributed by atoms with Gasteiger partial charge in [-0.3, -0.25) is 4.99 Å². The van der Waals surface area contributed by atoms with Gasteiger partial charge in [0.2, 0.25) is 0 Å². The topological polar surface area (TPSA) is 15.6 Å². The highest BCUT2D eigenvalue weighted by atomic mass is 15.1. The van der Waals surface area contributed by atoms with Gasteiger partial charge in [-0.25, -0.2) is 0 Å². The molecule has 0 aromatic heterocycles. The molecule has 0 aliphatic heterocycles. The predicted molar refractivity (Wildman–Crippen MR) is 50.8 cm³/mol. The molecular formula is C9H18N2. The molecule has 0 bridgehead atoms. The van der Waals surface area contributed by atoms with E-state index in [1.807, 2.05) is 33.3 Å². The van der Waals surface area contributed by atoms with Crippen LogP contribution in [-0.2, 0) is 0 Å². The first-order valence-electron chi connectivity index (χ1n) is 3.93. The third-order valence-corrected chi connectivity index (χ3v) is 1.45. The second-order valence-electron chi connectivity index (χ2n) is 3.13. The van der Waals surface area contributed by atoms with Gasteiger partial charge in [-0.1, -0.05) is 0 Å². The van der Waals surface area contributed by atoms with Crippen LogP contribution in [0.4, 0.5) is 0 Å². The summed E-state index contributed by atoms with van der Waals surface area (Å²) in [4.78, 5) is 6.26. The van der Waals surface area contributed by atoms with Gasteiger partial charge in [-0.15, -0.1) is 0 Å². The van der Waals surface area contributed by atoms with Crippen LogP contribution in [0.2, 0.25) is 0 Å². The fourth-order valence-electron chi connectivity index (χ4n) is 0.460. The quantitative estimate of drug-likeness (QED) is 0.569. The minimum absolute atomic E-state index is 0.540. The first-order valence-corrected chi connectivity index (χ1v) is 3.93. The fraction of sp³-hybridized carbons (Fsp3) is 0.667. The molecule has 0 heterocycles. The predicted octanol–water partition coefficient (Wildman–Crippen LogP) is 2.28. The van der Waals surface area contributed by atoms with Crippen molar-refractivity contribution in [3.63, 3.8) is 0 Å². The zero-order chi connectivity index (χ0) is 8.85. The highest BCUT2D eigenvalue weighted by Crippen LogP contribution is 1.93. The first-order chi connectivity index (χ1) is 5.04. The molecule has 2 nitrogen and oxygen atoms in total. The molecule has 0 rings (SSSR count). The SMILES string of the molecule is CC(C)=N/C=C\N(C)C(C)C. The van der Waals surface area contributed by atoms with Crippen LogP contribution in [0.5, 0.6) is 0 Å². The molecule has 0 saturated heterocycles. The Bertz CT molecular complexity index is 153. The van der Waals surface area contributed by atoms with Gasteiger partial charge in [0.15, 0.2) is 0 Å². The molecule has 11 heavy (non-hydrogen) atoms. The van der Waals surface area contributed by atoms with E-state index in [0.29, 0.717) is 6.04 Å². The second kappa shape index (κ2) is 4.94. The van der Waals surface area contributed by atoms with Gasteiger partial charge < -0.3 is 4.90 Å². The molecule has 0 aromatic rings. The Kier molecular flexibility index (Phi) is 4.59. The zero-order valence-electron chi connectivity index (χ0n) is 8.13. The molecule has 0 atom stereocenters. The lowest BCUT2D eigenvalue weighted by Crippen LogP contribution is -2.19. The molecule has 0 aromatic carbocycles. The Labute approximate surface area is 69.6 Å². The van der Waals surface area contributed by atoms with Crippen LogP contribution in [0.25, 0.3) is 0 Å². The van der Waals surface area contributed by atoms with Crippen LogP contribution in [-0.4, -0.2) is 23.7 Å². The molecule has 0 unspecified atom stereocenters. The zero-order valence-corrected chi connectivity index (χ0v) is 8.13. The Morgan fingerprint density at radius 3 is 2.27 bits per heavy atom. The third-order valence-electron chi connectivity index (χ3n) is 1.45. The Hall–Kier alpha value is -0.790. The molecule has 0 fully saturated rings. The van der Waals surface area contributed by atoms with Crippen molar-refractivity contribution in [1.82, 2.24) is 4.90 Å². The lowest BCUT2D eigenvalue weighted by molar-refractivity contribution is 0.375. The summed E-state index contributed by atoms with van der Waals surface area (Å²) in [5.41, 5.74) is 1.08. The Balaban J connectivity index is 3.84. The maximum Gasteiger partial charge on any atom is 0.0425 e. The molecule has 2 heteroatoms. The summed E-state index contributed by atoms with van der Waals surface area (Å²) in [6.45, 7) is 8.26. The van der Waals surface area contributed by atoms with E-state index in [-0.39, 0.29) is 0 Å². The maximum atomic E-state index is 4.14. The third kappa shape index (κ3) is 5.64. The van der Waals surface area contributed by atoms with Gasteiger partial charge in [0.25, 0.3) is 0 Å². The van der Waals surface area contributed by atoms with Gasteiger partial charge in [0, 0.05) is 31.2 Å². The molecular weight excluding hydrogens is 136 g/mol. The monoisotopic (exact) mass is 154 g/mol. The van der Waals surface area contributed by atoms with Gasteiger partial charge in [0.05, 0.1) is 0 Å². The normalized spacial score (nSPS) is 10.7. The van der Waals surface area contributed by atoms with Gasteiger partial charge >= 0.3 is 0 Å². The molecule has 0 aliphatic rings. The van der Waals surface area contributed by atoms with E-state index < -0.39 is 0 Å². The Morgan fingerprint density at radius 1 is 1.36 bits per heavy atom. The van der Waals surface area contributed by atoms with E-state index in [1.54, 1.807) is 0 Å². The van der Waals surface area contributed by atoms with Crippen LogP contribution in [0.3, 0.4) is 0 Å². The van der Waals surface area contributed by atoms with E-state index in [0.717, 1.165) is 5.71 Å².